The second-order valence-corrected chi connectivity index (χ2v) is 3.79. The van der Waals surface area contributed by atoms with E-state index in [1.54, 1.807) is 0 Å². The van der Waals surface area contributed by atoms with Gasteiger partial charge in [0.1, 0.15) is 5.78 Å². The van der Waals surface area contributed by atoms with Crippen molar-refractivity contribution in [1.29, 1.82) is 0 Å². The minimum Gasteiger partial charge on any atom is -0.299 e. The number of Topliss-reactive ketones (excluding diaryl/α,β-unsaturated/α-hetero) is 1. The van der Waals surface area contributed by atoms with Crippen LogP contribution in [0.1, 0.15) is 19.8 Å². The van der Waals surface area contributed by atoms with Crippen LogP contribution in [-0.2, 0) is 4.79 Å². The van der Waals surface area contributed by atoms with Crippen LogP contribution >= 0.6 is 11.6 Å². The maximum atomic E-state index is 11.2. The molecule has 1 aliphatic rings. The summed E-state index contributed by atoms with van der Waals surface area (Å²) in [4.78, 5) is 11.2. The first-order valence-electron chi connectivity index (χ1n) is 4.03. The lowest BCUT2D eigenvalue weighted by Gasteiger charge is -2.13. The Morgan fingerprint density at radius 3 is 2.73 bits per heavy atom. The number of ketones is 1. The predicted molar refractivity (Wildman–Crippen MR) is 47.1 cm³/mol. The molecule has 0 heterocycles. The summed E-state index contributed by atoms with van der Waals surface area (Å²) in [6, 6.07) is 0. The molecule has 0 spiro atoms. The Kier molecular flexibility index (Phi) is 3.00. The molecule has 0 aromatic rings. The Balaban J connectivity index is 2.56. The number of carbonyl (C=O) groups is 1. The predicted octanol–water partition coefficient (Wildman–Crippen LogP) is 1.80. The van der Waals surface area contributed by atoms with Crippen molar-refractivity contribution >= 4 is 25.2 Å². The van der Waals surface area contributed by atoms with Gasteiger partial charge in [0.25, 0.3) is 0 Å². The Morgan fingerprint density at radius 1 is 1.73 bits per heavy atom. The van der Waals surface area contributed by atoms with Crippen molar-refractivity contribution in [2.75, 3.05) is 0 Å². The fourth-order valence-corrected chi connectivity index (χ4v) is 2.01. The summed E-state index contributed by atoms with van der Waals surface area (Å²) in [5.74, 6) is 0.734. The third kappa shape index (κ3) is 1.78. The van der Waals surface area contributed by atoms with Crippen molar-refractivity contribution in [3.8, 4) is 0 Å². The average Bonchev–Trinajstić information content (AvgIpc) is 2.17. The zero-order chi connectivity index (χ0) is 8.43. The fourth-order valence-electron chi connectivity index (χ4n) is 1.68. The van der Waals surface area contributed by atoms with Gasteiger partial charge in [-0.05, 0) is 5.92 Å². The van der Waals surface area contributed by atoms with Crippen molar-refractivity contribution in [2.24, 2.45) is 11.8 Å². The molecule has 1 rings (SSSR count). The minimum absolute atomic E-state index is 0.0408. The highest BCUT2D eigenvalue weighted by molar-refractivity contribution is 6.23. The molecule has 0 N–H and O–H groups in total. The van der Waals surface area contributed by atoms with E-state index < -0.39 is 0 Å². The molecule has 0 amide bonds. The summed E-state index contributed by atoms with van der Waals surface area (Å²) in [7, 11) is 5.38. The summed E-state index contributed by atoms with van der Waals surface area (Å²) in [5.41, 5.74) is 0. The molecule has 1 nitrogen and oxygen atoms in total. The van der Waals surface area contributed by atoms with Crippen LogP contribution < -0.4 is 0 Å². The lowest BCUT2D eigenvalue weighted by atomic mass is 9.87. The molecule has 3 heteroatoms. The van der Waals surface area contributed by atoms with Crippen LogP contribution in [0.2, 0.25) is 6.32 Å². The Morgan fingerprint density at radius 2 is 2.36 bits per heavy atom. The normalized spacial score (nSPS) is 38.0. The summed E-state index contributed by atoms with van der Waals surface area (Å²) in [6.45, 7) is 2.03. The monoisotopic (exact) mass is 170 g/mol. The van der Waals surface area contributed by atoms with Crippen LogP contribution in [0.15, 0.2) is 0 Å². The third-order valence-corrected chi connectivity index (χ3v) is 3.04. The van der Waals surface area contributed by atoms with Gasteiger partial charge in [-0.15, -0.1) is 11.6 Å². The largest absolute Gasteiger partial charge is 0.299 e. The molecular weight excluding hydrogens is 158 g/mol. The molecule has 0 aromatic heterocycles. The van der Waals surface area contributed by atoms with E-state index in [1.165, 1.54) is 0 Å². The standard InChI is InChI=1S/C8H12BClO/c1-5-6(2-3-9)8(11)4-7(5)10/h5-7H,2-4H2,1H3. The molecule has 0 aromatic carbocycles. The number of rotatable bonds is 2. The van der Waals surface area contributed by atoms with Gasteiger partial charge in [0.05, 0.1) is 7.85 Å². The van der Waals surface area contributed by atoms with Crippen LogP contribution in [0, 0.1) is 11.8 Å². The quantitative estimate of drug-likeness (QED) is 0.456. The van der Waals surface area contributed by atoms with Crippen LogP contribution in [0.4, 0.5) is 0 Å². The summed E-state index contributed by atoms with van der Waals surface area (Å²) in [5, 5.41) is 0.0408. The highest BCUT2D eigenvalue weighted by Gasteiger charge is 2.37. The average molecular weight is 170 g/mol. The van der Waals surface area contributed by atoms with Gasteiger partial charge < -0.3 is 0 Å². The summed E-state index contributed by atoms with van der Waals surface area (Å²) >= 11 is 5.93. The van der Waals surface area contributed by atoms with Crippen molar-refractivity contribution in [3.05, 3.63) is 0 Å². The lowest BCUT2D eigenvalue weighted by molar-refractivity contribution is -0.121. The van der Waals surface area contributed by atoms with E-state index in [2.05, 4.69) is 0 Å². The zero-order valence-electron chi connectivity index (χ0n) is 6.72. The molecule has 60 valence electrons. The number of hydrogen-bond donors (Lipinski definition) is 0. The maximum absolute atomic E-state index is 11.2. The molecule has 11 heavy (non-hydrogen) atoms. The lowest BCUT2D eigenvalue weighted by Crippen LogP contribution is -2.14. The molecule has 1 fully saturated rings. The Labute approximate surface area is 73.9 Å². The Bertz CT molecular complexity index is 160. The van der Waals surface area contributed by atoms with Crippen LogP contribution in [-0.4, -0.2) is 19.0 Å². The minimum atomic E-state index is 0.0408. The second-order valence-electron chi connectivity index (χ2n) is 3.23. The van der Waals surface area contributed by atoms with Gasteiger partial charge in [-0.3, -0.25) is 4.79 Å². The highest BCUT2D eigenvalue weighted by Crippen LogP contribution is 2.35. The zero-order valence-corrected chi connectivity index (χ0v) is 7.47. The molecule has 0 aliphatic heterocycles. The van der Waals surface area contributed by atoms with Gasteiger partial charge in [0.2, 0.25) is 0 Å². The van der Waals surface area contributed by atoms with Crippen molar-refractivity contribution < 1.29 is 4.79 Å². The first kappa shape index (κ1) is 9.12. The maximum Gasteiger partial charge on any atom is 0.137 e. The summed E-state index contributed by atoms with van der Waals surface area (Å²) in [6.07, 6.45) is 1.92. The molecule has 3 unspecified atom stereocenters. The fraction of sp³-hybridized carbons (Fsp3) is 0.875. The van der Waals surface area contributed by atoms with E-state index in [9.17, 15) is 4.79 Å². The van der Waals surface area contributed by atoms with Crippen molar-refractivity contribution in [3.63, 3.8) is 0 Å². The number of halogens is 1. The van der Waals surface area contributed by atoms with E-state index >= 15 is 0 Å². The molecule has 1 aliphatic carbocycles. The third-order valence-electron chi connectivity index (χ3n) is 2.49. The van der Waals surface area contributed by atoms with Gasteiger partial charge >= 0.3 is 0 Å². The Hall–Kier alpha value is 0.0249. The van der Waals surface area contributed by atoms with Crippen molar-refractivity contribution in [1.82, 2.24) is 0 Å². The van der Waals surface area contributed by atoms with Crippen LogP contribution in [0.3, 0.4) is 0 Å². The smallest absolute Gasteiger partial charge is 0.137 e. The molecule has 3 atom stereocenters. The molecule has 0 bridgehead atoms. The second kappa shape index (κ2) is 3.62. The van der Waals surface area contributed by atoms with E-state index in [-0.39, 0.29) is 11.3 Å². The molecular formula is C8H12BClO. The van der Waals surface area contributed by atoms with Gasteiger partial charge in [-0.1, -0.05) is 19.7 Å². The molecule has 0 saturated heterocycles. The van der Waals surface area contributed by atoms with E-state index in [4.69, 9.17) is 19.4 Å². The van der Waals surface area contributed by atoms with Gasteiger partial charge in [0, 0.05) is 17.7 Å². The first-order chi connectivity index (χ1) is 5.16. The van der Waals surface area contributed by atoms with Gasteiger partial charge in [-0.2, -0.15) is 0 Å². The van der Waals surface area contributed by atoms with E-state index in [1.807, 2.05) is 6.92 Å². The van der Waals surface area contributed by atoms with E-state index in [0.29, 0.717) is 24.4 Å². The number of alkyl halides is 1. The molecule has 2 radical (unpaired) electrons. The number of carbonyl (C=O) groups excluding carboxylic acids is 1. The van der Waals surface area contributed by atoms with E-state index in [0.717, 1.165) is 6.42 Å². The SMILES string of the molecule is [B]CCC1C(=O)CC(Cl)C1C. The number of hydrogen-bond acceptors (Lipinski definition) is 1. The van der Waals surface area contributed by atoms with Gasteiger partial charge in [0.15, 0.2) is 0 Å². The highest BCUT2D eigenvalue weighted by atomic mass is 35.5. The topological polar surface area (TPSA) is 17.1 Å². The van der Waals surface area contributed by atoms with Crippen molar-refractivity contribution in [2.45, 2.75) is 31.5 Å². The van der Waals surface area contributed by atoms with Gasteiger partial charge in [-0.25, -0.2) is 0 Å². The van der Waals surface area contributed by atoms with Crippen LogP contribution in [0.25, 0.3) is 0 Å². The summed E-state index contributed by atoms with van der Waals surface area (Å²) < 4.78 is 0. The first-order valence-corrected chi connectivity index (χ1v) is 4.47. The van der Waals surface area contributed by atoms with Crippen LogP contribution in [0.5, 0.6) is 0 Å². The molecule has 1 saturated carbocycles.